The van der Waals surface area contributed by atoms with E-state index in [1.165, 1.54) is 7.11 Å². The van der Waals surface area contributed by atoms with Crippen LogP contribution in [0, 0.1) is 0 Å². The van der Waals surface area contributed by atoms with Crippen LogP contribution in [0.1, 0.15) is 58.3 Å². The van der Waals surface area contributed by atoms with Crippen molar-refractivity contribution >= 4 is 12.0 Å². The minimum Gasteiger partial charge on any atom is -0.508 e. The molecule has 0 bridgehead atoms. The number of nitrogens with zero attached hydrogens (tertiary/aromatic N) is 1. The molecule has 1 saturated heterocycles. The Bertz CT molecular complexity index is 2030. The summed E-state index contributed by atoms with van der Waals surface area (Å²) in [7, 11) is 3.23. The van der Waals surface area contributed by atoms with Crippen LogP contribution in [0.15, 0.2) is 127 Å². The van der Waals surface area contributed by atoms with E-state index in [2.05, 4.69) is 10.6 Å². The van der Waals surface area contributed by atoms with E-state index in [0.29, 0.717) is 31.5 Å². The van der Waals surface area contributed by atoms with Gasteiger partial charge < -0.3 is 45.1 Å². The quantitative estimate of drug-likeness (QED) is 0.0771. The zero-order valence-corrected chi connectivity index (χ0v) is 31.6. The molecule has 2 amide bonds. The number of hydrogen-bond acceptors (Lipinski definition) is 9. The summed E-state index contributed by atoms with van der Waals surface area (Å²) >= 11 is 0. The molecule has 5 N–H and O–H groups in total. The van der Waals surface area contributed by atoms with Crippen molar-refractivity contribution in [1.82, 2.24) is 15.5 Å². The Morgan fingerprint density at radius 2 is 1.57 bits per heavy atom. The van der Waals surface area contributed by atoms with E-state index in [-0.39, 0.29) is 31.1 Å². The predicted molar refractivity (Wildman–Crippen MR) is 212 cm³/mol. The van der Waals surface area contributed by atoms with Gasteiger partial charge in [0, 0.05) is 38.0 Å². The zero-order chi connectivity index (χ0) is 39.4. The second-order valence-electron chi connectivity index (χ2n) is 14.1. The SMILES string of the molecule is COC(=O)[C@H](Cc1ccccc1)NC(=O)NCc1ccccc1-c1ccc([C@@H]2O[C@H](CN(C)C[C@@H](O)c3cccc(O)c3)C[C@H](c3ccc(CO)cc3)O2)cc1. The molecule has 5 aromatic rings. The van der Waals surface area contributed by atoms with Crippen LogP contribution in [0.25, 0.3) is 11.1 Å². The molecular weight excluding hydrogens is 711 g/mol. The van der Waals surface area contributed by atoms with Gasteiger partial charge in [0.1, 0.15) is 11.8 Å². The summed E-state index contributed by atoms with van der Waals surface area (Å²) in [5, 5.41) is 36.0. The number of aromatic hydroxyl groups is 1. The van der Waals surface area contributed by atoms with Gasteiger partial charge >= 0.3 is 12.0 Å². The van der Waals surface area contributed by atoms with Crippen molar-refractivity contribution in [2.24, 2.45) is 0 Å². The number of hydrogen-bond donors (Lipinski definition) is 5. The number of phenolic OH excluding ortho intramolecular Hbond substituents is 1. The minimum absolute atomic E-state index is 0.0458. The molecule has 56 heavy (non-hydrogen) atoms. The van der Waals surface area contributed by atoms with Gasteiger partial charge in [0.25, 0.3) is 0 Å². The number of methoxy groups -OCH3 is 1. The lowest BCUT2D eigenvalue weighted by Gasteiger charge is -2.38. The number of phenols is 1. The van der Waals surface area contributed by atoms with Crippen molar-refractivity contribution in [3.63, 3.8) is 0 Å². The maximum Gasteiger partial charge on any atom is 0.328 e. The number of urea groups is 1. The minimum atomic E-state index is -0.842. The summed E-state index contributed by atoms with van der Waals surface area (Å²) in [4.78, 5) is 27.5. The number of carbonyl (C=O) groups excluding carboxylic acids is 2. The first kappa shape index (κ1) is 40.1. The van der Waals surface area contributed by atoms with Gasteiger partial charge in [-0.2, -0.15) is 0 Å². The van der Waals surface area contributed by atoms with Crippen molar-refractivity contribution in [3.8, 4) is 16.9 Å². The molecule has 0 aliphatic carbocycles. The van der Waals surface area contributed by atoms with Crippen molar-refractivity contribution in [1.29, 1.82) is 0 Å². The van der Waals surface area contributed by atoms with Gasteiger partial charge in [-0.25, -0.2) is 9.59 Å². The molecule has 0 saturated carbocycles. The van der Waals surface area contributed by atoms with Crippen LogP contribution >= 0.6 is 0 Å². The van der Waals surface area contributed by atoms with Gasteiger partial charge in [0.05, 0.1) is 32.0 Å². The number of ether oxygens (including phenoxy) is 3. The summed E-state index contributed by atoms with van der Waals surface area (Å²) in [6, 6.07) is 38.2. The number of benzene rings is 5. The summed E-state index contributed by atoms with van der Waals surface area (Å²) < 4.78 is 18.1. The third-order valence-corrected chi connectivity index (χ3v) is 9.89. The van der Waals surface area contributed by atoms with E-state index in [9.17, 15) is 24.9 Å². The lowest BCUT2D eigenvalue weighted by atomic mass is 9.97. The second kappa shape index (κ2) is 19.3. The van der Waals surface area contributed by atoms with Crippen LogP contribution in [0.3, 0.4) is 0 Å². The van der Waals surface area contributed by atoms with E-state index in [4.69, 9.17) is 14.2 Å². The number of carbonyl (C=O) groups is 2. The Morgan fingerprint density at radius 3 is 2.29 bits per heavy atom. The van der Waals surface area contributed by atoms with Crippen molar-refractivity contribution < 1.29 is 39.1 Å². The first-order chi connectivity index (χ1) is 27.2. The van der Waals surface area contributed by atoms with Gasteiger partial charge in [-0.3, -0.25) is 0 Å². The summed E-state index contributed by atoms with van der Waals surface area (Å²) in [5.74, 6) is -0.419. The van der Waals surface area contributed by atoms with Gasteiger partial charge in [-0.1, -0.05) is 115 Å². The Labute approximate surface area is 327 Å². The summed E-state index contributed by atoms with van der Waals surface area (Å²) in [6.45, 7) is 1.05. The lowest BCUT2D eigenvalue weighted by molar-refractivity contribution is -0.252. The molecule has 292 valence electrons. The Morgan fingerprint density at radius 1 is 0.857 bits per heavy atom. The number of aliphatic hydroxyl groups excluding tert-OH is 2. The highest BCUT2D eigenvalue weighted by Gasteiger charge is 2.33. The van der Waals surface area contributed by atoms with Crippen molar-refractivity contribution in [2.75, 3.05) is 27.2 Å². The highest BCUT2D eigenvalue weighted by molar-refractivity contribution is 5.84. The lowest BCUT2D eigenvalue weighted by Crippen LogP contribution is -2.47. The van der Waals surface area contributed by atoms with Crippen LogP contribution in [0.5, 0.6) is 5.75 Å². The fourth-order valence-corrected chi connectivity index (χ4v) is 6.93. The normalized spacial score (nSPS) is 17.8. The van der Waals surface area contributed by atoms with E-state index in [1.54, 1.807) is 24.3 Å². The van der Waals surface area contributed by atoms with Crippen LogP contribution in [-0.4, -0.2) is 71.6 Å². The van der Waals surface area contributed by atoms with E-state index in [0.717, 1.165) is 38.9 Å². The molecule has 1 fully saturated rings. The molecule has 0 spiro atoms. The molecule has 1 heterocycles. The van der Waals surface area contributed by atoms with E-state index < -0.39 is 30.4 Å². The van der Waals surface area contributed by atoms with Gasteiger partial charge in [0.15, 0.2) is 6.29 Å². The van der Waals surface area contributed by atoms with Gasteiger partial charge in [-0.15, -0.1) is 0 Å². The number of likely N-dealkylation sites (N-methyl/N-ethyl adjacent to an activating group) is 1. The maximum atomic E-state index is 13.0. The number of rotatable bonds is 15. The van der Waals surface area contributed by atoms with Crippen LogP contribution in [-0.2, 0) is 38.6 Å². The van der Waals surface area contributed by atoms with Gasteiger partial charge in [0.2, 0.25) is 0 Å². The number of amides is 2. The number of esters is 1. The number of nitrogens with one attached hydrogen (secondary N) is 2. The largest absolute Gasteiger partial charge is 0.508 e. The fraction of sp³-hybridized carbons (Fsp3) is 0.289. The highest BCUT2D eigenvalue weighted by Crippen LogP contribution is 2.39. The Balaban J connectivity index is 1.13. The molecular formula is C45H49N3O8. The highest BCUT2D eigenvalue weighted by atomic mass is 16.7. The third-order valence-electron chi connectivity index (χ3n) is 9.89. The molecule has 5 aromatic carbocycles. The van der Waals surface area contributed by atoms with Gasteiger partial charge in [-0.05, 0) is 58.1 Å². The topological polar surface area (TPSA) is 150 Å². The molecule has 1 aliphatic rings. The van der Waals surface area contributed by atoms with E-state index in [1.807, 2.05) is 115 Å². The van der Waals surface area contributed by atoms with Crippen molar-refractivity contribution in [2.45, 2.75) is 56.6 Å². The first-order valence-electron chi connectivity index (χ1n) is 18.7. The molecule has 0 radical (unpaired) electrons. The average Bonchev–Trinajstić information content (AvgIpc) is 3.22. The molecule has 11 heteroatoms. The standard InChI is InChI=1S/C45H49N3O8/c1-48(28-41(51)35-12-8-13-37(50)24-35)27-38-25-42(33-17-15-31(29-49)16-18-33)56-44(55-38)34-21-19-32(20-22-34)39-14-7-6-11-36(39)26-46-45(53)47-40(43(52)54-2)23-30-9-4-3-5-10-30/h3-22,24,38,40-42,44,49-51H,23,25-29H2,1-2H3,(H2,46,47,53)/t38-,40-,41+,42+,44+/m0/s1. The molecule has 0 aromatic heterocycles. The Hall–Kier alpha value is -5.56. The second-order valence-corrected chi connectivity index (χ2v) is 14.1. The predicted octanol–water partition coefficient (Wildman–Crippen LogP) is 6.35. The third kappa shape index (κ3) is 10.8. The first-order valence-corrected chi connectivity index (χ1v) is 18.7. The van der Waals surface area contributed by atoms with Crippen LogP contribution in [0.4, 0.5) is 4.79 Å². The average molecular weight is 760 g/mol. The Kier molecular flexibility index (Phi) is 13.9. The molecule has 5 atom stereocenters. The fourth-order valence-electron chi connectivity index (χ4n) is 6.93. The van der Waals surface area contributed by atoms with E-state index >= 15 is 0 Å². The van der Waals surface area contributed by atoms with Crippen LogP contribution < -0.4 is 10.6 Å². The molecule has 1 aliphatic heterocycles. The molecule has 0 unspecified atom stereocenters. The summed E-state index contributed by atoms with van der Waals surface area (Å²) in [6.07, 6.45) is -1.09. The zero-order valence-electron chi connectivity index (χ0n) is 31.6. The number of aliphatic hydroxyl groups is 2. The van der Waals surface area contributed by atoms with Crippen molar-refractivity contribution in [3.05, 3.63) is 161 Å². The maximum absolute atomic E-state index is 13.0. The monoisotopic (exact) mass is 759 g/mol. The summed E-state index contributed by atoms with van der Waals surface area (Å²) in [5.41, 5.74) is 6.92. The molecule has 11 nitrogen and oxygen atoms in total. The smallest absolute Gasteiger partial charge is 0.328 e. The molecule has 6 rings (SSSR count). The van der Waals surface area contributed by atoms with Crippen LogP contribution in [0.2, 0.25) is 0 Å².